The molecular formula is C14H13F2N3O3. The fourth-order valence-electron chi connectivity index (χ4n) is 1.77. The van der Waals surface area contributed by atoms with E-state index in [1.165, 1.54) is 18.3 Å². The molecule has 0 aliphatic heterocycles. The molecule has 8 heteroatoms. The van der Waals surface area contributed by atoms with Crippen LogP contribution in [-0.2, 0) is 6.54 Å². The maximum absolute atomic E-state index is 12.1. The van der Waals surface area contributed by atoms with E-state index in [-0.39, 0.29) is 18.1 Å². The molecule has 0 radical (unpaired) electrons. The number of pyridine rings is 1. The van der Waals surface area contributed by atoms with Crippen LogP contribution in [0.2, 0.25) is 0 Å². The van der Waals surface area contributed by atoms with Crippen LogP contribution >= 0.6 is 0 Å². The van der Waals surface area contributed by atoms with E-state index in [0.717, 1.165) is 5.56 Å². The molecule has 0 amide bonds. The van der Waals surface area contributed by atoms with Gasteiger partial charge in [-0.15, -0.1) is 0 Å². The van der Waals surface area contributed by atoms with Crippen molar-refractivity contribution in [2.24, 2.45) is 0 Å². The number of nitrogens with one attached hydrogen (secondary N) is 1. The summed E-state index contributed by atoms with van der Waals surface area (Å²) < 4.78 is 29.1. The van der Waals surface area contributed by atoms with E-state index in [9.17, 15) is 18.9 Å². The molecule has 1 aromatic heterocycles. The van der Waals surface area contributed by atoms with Crippen LogP contribution in [0.25, 0.3) is 0 Å². The van der Waals surface area contributed by atoms with Crippen molar-refractivity contribution < 1.29 is 18.4 Å². The Morgan fingerprint density at radius 3 is 2.86 bits per heavy atom. The molecule has 0 unspecified atom stereocenters. The van der Waals surface area contributed by atoms with Crippen molar-refractivity contribution >= 4 is 11.5 Å². The molecule has 0 atom stereocenters. The lowest BCUT2D eigenvalue weighted by atomic mass is 10.2. The van der Waals surface area contributed by atoms with E-state index in [2.05, 4.69) is 10.3 Å². The maximum atomic E-state index is 12.1. The molecular weight excluding hydrogens is 296 g/mol. The first-order valence-electron chi connectivity index (χ1n) is 6.39. The summed E-state index contributed by atoms with van der Waals surface area (Å²) in [6, 6.07) is 9.38. The van der Waals surface area contributed by atoms with Crippen LogP contribution in [0.5, 0.6) is 5.75 Å². The van der Waals surface area contributed by atoms with Crippen molar-refractivity contribution in [2.75, 3.05) is 11.9 Å². The standard InChI is InChI=1S/C14H13F2N3O3/c15-13(16)9-22-11-4-1-3-10(7-11)8-18-14-12(19(20)21)5-2-6-17-14/h1-7,13H,8-9H2,(H,17,18). The van der Waals surface area contributed by atoms with Crippen molar-refractivity contribution in [3.8, 4) is 5.75 Å². The third kappa shape index (κ3) is 4.37. The molecule has 0 fully saturated rings. The SMILES string of the molecule is O=[N+]([O-])c1cccnc1NCc1cccc(OCC(F)F)c1. The Morgan fingerprint density at radius 2 is 2.14 bits per heavy atom. The van der Waals surface area contributed by atoms with Gasteiger partial charge in [-0.3, -0.25) is 10.1 Å². The number of halogens is 2. The highest BCUT2D eigenvalue weighted by atomic mass is 19.3. The summed E-state index contributed by atoms with van der Waals surface area (Å²) >= 11 is 0. The van der Waals surface area contributed by atoms with Gasteiger partial charge >= 0.3 is 5.69 Å². The predicted octanol–water partition coefficient (Wildman–Crippen LogP) is 3.25. The van der Waals surface area contributed by atoms with Gasteiger partial charge in [0, 0.05) is 18.8 Å². The highest BCUT2D eigenvalue weighted by molar-refractivity contribution is 5.55. The maximum Gasteiger partial charge on any atom is 0.311 e. The molecule has 0 saturated carbocycles. The van der Waals surface area contributed by atoms with Gasteiger partial charge in [-0.25, -0.2) is 13.8 Å². The van der Waals surface area contributed by atoms with Crippen molar-refractivity contribution in [2.45, 2.75) is 13.0 Å². The van der Waals surface area contributed by atoms with Gasteiger partial charge in [-0.05, 0) is 23.8 Å². The number of hydrogen-bond donors (Lipinski definition) is 1. The third-order valence-electron chi connectivity index (χ3n) is 2.72. The predicted molar refractivity (Wildman–Crippen MR) is 76.2 cm³/mol. The van der Waals surface area contributed by atoms with E-state index in [1.807, 2.05) is 0 Å². The largest absolute Gasteiger partial charge is 0.488 e. The van der Waals surface area contributed by atoms with E-state index >= 15 is 0 Å². The molecule has 0 saturated heterocycles. The van der Waals surface area contributed by atoms with Gasteiger partial charge in [0.1, 0.15) is 12.4 Å². The Kier molecular flexibility index (Phi) is 5.18. The van der Waals surface area contributed by atoms with Crippen LogP contribution < -0.4 is 10.1 Å². The average molecular weight is 309 g/mol. The summed E-state index contributed by atoms with van der Waals surface area (Å²) in [5.74, 6) is 0.460. The van der Waals surface area contributed by atoms with Gasteiger partial charge in [0.25, 0.3) is 6.43 Å². The van der Waals surface area contributed by atoms with Gasteiger partial charge < -0.3 is 10.1 Å². The van der Waals surface area contributed by atoms with Gasteiger partial charge in [0.2, 0.25) is 5.82 Å². The molecule has 22 heavy (non-hydrogen) atoms. The first-order chi connectivity index (χ1) is 10.6. The molecule has 0 aliphatic carbocycles. The molecule has 2 rings (SSSR count). The molecule has 0 bridgehead atoms. The Balaban J connectivity index is 2.03. The Bertz CT molecular complexity index is 653. The van der Waals surface area contributed by atoms with Gasteiger partial charge in [0.15, 0.2) is 0 Å². The normalized spacial score (nSPS) is 10.5. The van der Waals surface area contributed by atoms with Crippen LogP contribution in [0.15, 0.2) is 42.6 Å². The molecule has 116 valence electrons. The van der Waals surface area contributed by atoms with Crippen LogP contribution in [0.1, 0.15) is 5.56 Å². The number of anilines is 1. The second-order valence-electron chi connectivity index (χ2n) is 4.33. The number of benzene rings is 1. The molecule has 1 N–H and O–H groups in total. The van der Waals surface area contributed by atoms with E-state index in [4.69, 9.17) is 4.74 Å². The topological polar surface area (TPSA) is 77.3 Å². The summed E-state index contributed by atoms with van der Waals surface area (Å²) in [6.45, 7) is -0.424. The summed E-state index contributed by atoms with van der Waals surface area (Å²) in [5, 5.41) is 13.7. The fraction of sp³-hybridized carbons (Fsp3) is 0.214. The highest BCUT2D eigenvalue weighted by Crippen LogP contribution is 2.21. The summed E-state index contributed by atoms with van der Waals surface area (Å²) in [6.07, 6.45) is -1.10. The zero-order valence-corrected chi connectivity index (χ0v) is 11.4. The van der Waals surface area contributed by atoms with Crippen LogP contribution in [0, 0.1) is 10.1 Å². The van der Waals surface area contributed by atoms with E-state index < -0.39 is 18.0 Å². The van der Waals surface area contributed by atoms with Gasteiger partial charge in [-0.2, -0.15) is 0 Å². The monoisotopic (exact) mass is 309 g/mol. The lowest BCUT2D eigenvalue weighted by Gasteiger charge is -2.09. The number of hydrogen-bond acceptors (Lipinski definition) is 5. The fourth-order valence-corrected chi connectivity index (χ4v) is 1.77. The van der Waals surface area contributed by atoms with Crippen molar-refractivity contribution in [3.63, 3.8) is 0 Å². The quantitative estimate of drug-likeness (QED) is 0.627. The smallest absolute Gasteiger partial charge is 0.311 e. The summed E-state index contributed by atoms with van der Waals surface area (Å²) in [7, 11) is 0. The summed E-state index contributed by atoms with van der Waals surface area (Å²) in [5.41, 5.74) is 0.597. The molecule has 6 nitrogen and oxygen atoms in total. The minimum atomic E-state index is -2.54. The Morgan fingerprint density at radius 1 is 1.32 bits per heavy atom. The molecule has 0 aliphatic rings. The first-order valence-corrected chi connectivity index (χ1v) is 6.39. The zero-order chi connectivity index (χ0) is 15.9. The Labute approximate surface area is 124 Å². The second-order valence-corrected chi connectivity index (χ2v) is 4.33. The number of nitro groups is 1. The molecule has 0 spiro atoms. The van der Waals surface area contributed by atoms with Crippen molar-refractivity contribution in [1.82, 2.24) is 4.98 Å². The van der Waals surface area contributed by atoms with Gasteiger partial charge in [-0.1, -0.05) is 12.1 Å². The minimum Gasteiger partial charge on any atom is -0.488 e. The third-order valence-corrected chi connectivity index (χ3v) is 2.72. The lowest BCUT2D eigenvalue weighted by Crippen LogP contribution is -2.08. The lowest BCUT2D eigenvalue weighted by molar-refractivity contribution is -0.384. The molecule has 1 heterocycles. The van der Waals surface area contributed by atoms with Crippen LogP contribution in [0.3, 0.4) is 0 Å². The average Bonchev–Trinajstić information content (AvgIpc) is 2.51. The number of alkyl halides is 2. The zero-order valence-electron chi connectivity index (χ0n) is 11.4. The number of aromatic nitrogens is 1. The number of rotatable bonds is 7. The van der Waals surface area contributed by atoms with Crippen LogP contribution in [-0.4, -0.2) is 22.9 Å². The van der Waals surface area contributed by atoms with Crippen molar-refractivity contribution in [1.29, 1.82) is 0 Å². The van der Waals surface area contributed by atoms with Crippen molar-refractivity contribution in [3.05, 3.63) is 58.3 Å². The number of ether oxygens (including phenoxy) is 1. The van der Waals surface area contributed by atoms with Gasteiger partial charge in [0.05, 0.1) is 4.92 Å². The number of nitrogens with zero attached hydrogens (tertiary/aromatic N) is 2. The second kappa shape index (κ2) is 7.30. The highest BCUT2D eigenvalue weighted by Gasteiger charge is 2.13. The van der Waals surface area contributed by atoms with Crippen LogP contribution in [0.4, 0.5) is 20.3 Å². The van der Waals surface area contributed by atoms with E-state index in [1.54, 1.807) is 24.3 Å². The Hall–Kier alpha value is -2.77. The molecule has 2 aromatic rings. The summed E-state index contributed by atoms with van der Waals surface area (Å²) in [4.78, 5) is 14.3. The molecule has 1 aromatic carbocycles. The first kappa shape index (κ1) is 15.6. The van der Waals surface area contributed by atoms with E-state index in [0.29, 0.717) is 5.75 Å². The minimum absolute atomic E-state index is 0.132.